The molecule has 0 amide bonds. The number of aromatic nitrogens is 1. The second kappa shape index (κ2) is 8.03. The first-order chi connectivity index (χ1) is 14.7. The van der Waals surface area contributed by atoms with Crippen molar-refractivity contribution in [3.63, 3.8) is 0 Å². The molecule has 0 saturated heterocycles. The van der Waals surface area contributed by atoms with Crippen LogP contribution in [0.15, 0.2) is 66.9 Å². The first kappa shape index (κ1) is 20.9. The number of anilines is 1. The van der Waals surface area contributed by atoms with Crippen molar-refractivity contribution in [2.45, 2.75) is 18.8 Å². The monoisotopic (exact) mass is 446 g/mol. The van der Waals surface area contributed by atoms with Crippen LogP contribution in [0.4, 0.5) is 24.5 Å². The molecule has 0 aliphatic carbocycles. The van der Waals surface area contributed by atoms with E-state index in [1.165, 1.54) is 24.3 Å². The molecular formula is C21H17F3N4O2S. The van der Waals surface area contributed by atoms with Crippen molar-refractivity contribution in [2.75, 3.05) is 11.9 Å². The third kappa shape index (κ3) is 4.24. The topological polar surface area (TPSA) is 63.3 Å². The minimum atomic E-state index is -4.41. The van der Waals surface area contributed by atoms with Crippen LogP contribution in [0, 0.1) is 10.1 Å². The maximum Gasteiger partial charge on any atom is 0.416 e. The van der Waals surface area contributed by atoms with Gasteiger partial charge in [0, 0.05) is 42.8 Å². The Morgan fingerprint density at radius 1 is 1.10 bits per heavy atom. The molecule has 0 bridgehead atoms. The molecule has 1 N–H and O–H groups in total. The van der Waals surface area contributed by atoms with Gasteiger partial charge in [-0.25, -0.2) is 0 Å². The highest BCUT2D eigenvalue weighted by molar-refractivity contribution is 7.80. The van der Waals surface area contributed by atoms with Crippen LogP contribution in [-0.4, -0.2) is 26.0 Å². The quantitative estimate of drug-likeness (QED) is 0.340. The summed E-state index contributed by atoms with van der Waals surface area (Å²) in [7, 11) is 0. The summed E-state index contributed by atoms with van der Waals surface area (Å²) in [5.74, 6) is 0. The van der Waals surface area contributed by atoms with Crippen molar-refractivity contribution in [2.24, 2.45) is 0 Å². The van der Waals surface area contributed by atoms with Crippen LogP contribution in [-0.2, 0) is 12.7 Å². The number of non-ortho nitro benzene ring substituents is 1. The van der Waals surface area contributed by atoms with E-state index in [4.69, 9.17) is 12.2 Å². The number of halogens is 3. The third-order valence-electron chi connectivity index (χ3n) is 5.16. The van der Waals surface area contributed by atoms with E-state index in [0.29, 0.717) is 29.5 Å². The van der Waals surface area contributed by atoms with Gasteiger partial charge in [-0.3, -0.25) is 10.1 Å². The summed E-state index contributed by atoms with van der Waals surface area (Å²) in [5.41, 5.74) is 1.28. The van der Waals surface area contributed by atoms with Crippen molar-refractivity contribution in [3.8, 4) is 0 Å². The van der Waals surface area contributed by atoms with E-state index in [-0.39, 0.29) is 11.7 Å². The van der Waals surface area contributed by atoms with Gasteiger partial charge in [-0.15, -0.1) is 0 Å². The van der Waals surface area contributed by atoms with Crippen LogP contribution >= 0.6 is 12.2 Å². The summed E-state index contributed by atoms with van der Waals surface area (Å²) in [5, 5.41) is 14.6. The van der Waals surface area contributed by atoms with Crippen LogP contribution in [0.25, 0.3) is 0 Å². The summed E-state index contributed by atoms with van der Waals surface area (Å²) in [6, 6.07) is 14.4. The number of nitro benzene ring substituents is 1. The highest BCUT2D eigenvalue weighted by Crippen LogP contribution is 2.35. The summed E-state index contributed by atoms with van der Waals surface area (Å²) >= 11 is 5.58. The molecule has 0 saturated carbocycles. The Kier molecular flexibility index (Phi) is 5.40. The van der Waals surface area contributed by atoms with E-state index in [9.17, 15) is 23.3 Å². The molecule has 4 rings (SSSR count). The minimum Gasteiger partial charge on any atom is -0.348 e. The third-order valence-corrected chi connectivity index (χ3v) is 5.50. The number of rotatable bonds is 3. The predicted octanol–water partition coefficient (Wildman–Crippen LogP) is 5.22. The summed E-state index contributed by atoms with van der Waals surface area (Å²) in [6.07, 6.45) is -2.48. The maximum absolute atomic E-state index is 12.8. The number of nitrogens with one attached hydrogen (secondary N) is 1. The average molecular weight is 446 g/mol. The Morgan fingerprint density at radius 3 is 2.52 bits per heavy atom. The first-order valence-electron chi connectivity index (χ1n) is 9.38. The van der Waals surface area contributed by atoms with Crippen molar-refractivity contribution in [1.82, 2.24) is 9.47 Å². The number of hydrogen-bond acceptors (Lipinski definition) is 3. The standard InChI is InChI=1S/C21H17F3N4O2S/c22-21(23,24)15-6-8-16(9-7-15)25-20(31)27-12-11-26-10-2-5-18(26)19(27)14-3-1-4-17(13-14)28(29)30/h1-10,13,19H,11-12H2,(H,25,31). The second-order valence-corrected chi connectivity index (χ2v) is 7.47. The minimum absolute atomic E-state index is 0.0252. The fraction of sp³-hybridized carbons (Fsp3) is 0.190. The Labute approximate surface area is 181 Å². The zero-order chi connectivity index (χ0) is 22.2. The van der Waals surface area contributed by atoms with Gasteiger partial charge in [0.15, 0.2) is 5.11 Å². The molecule has 10 heteroatoms. The van der Waals surface area contributed by atoms with Gasteiger partial charge in [-0.1, -0.05) is 12.1 Å². The SMILES string of the molecule is O=[N+]([O-])c1cccc(C2c3cccn3CCN2C(=S)Nc2ccc(C(F)(F)F)cc2)c1. The molecular weight excluding hydrogens is 429 g/mol. The molecule has 3 aromatic rings. The number of thiocarbonyl (C=S) groups is 1. The van der Waals surface area contributed by atoms with Crippen LogP contribution in [0.5, 0.6) is 0 Å². The first-order valence-corrected chi connectivity index (χ1v) is 9.79. The van der Waals surface area contributed by atoms with Crippen LogP contribution in [0.3, 0.4) is 0 Å². The molecule has 0 spiro atoms. The second-order valence-electron chi connectivity index (χ2n) is 7.08. The van der Waals surface area contributed by atoms with Crippen LogP contribution < -0.4 is 5.32 Å². The van der Waals surface area contributed by atoms with Crippen molar-refractivity contribution >= 4 is 28.7 Å². The molecule has 1 atom stereocenters. The van der Waals surface area contributed by atoms with Gasteiger partial charge in [-0.2, -0.15) is 13.2 Å². The zero-order valence-electron chi connectivity index (χ0n) is 16.0. The average Bonchev–Trinajstić information content (AvgIpc) is 3.21. The number of fused-ring (bicyclic) bond motifs is 1. The van der Waals surface area contributed by atoms with Gasteiger partial charge in [0.1, 0.15) is 0 Å². The smallest absolute Gasteiger partial charge is 0.348 e. The Morgan fingerprint density at radius 2 is 1.84 bits per heavy atom. The molecule has 1 aliphatic rings. The Hall–Kier alpha value is -3.40. The van der Waals surface area contributed by atoms with E-state index < -0.39 is 16.7 Å². The number of nitrogens with zero attached hydrogens (tertiary/aromatic N) is 3. The molecule has 0 radical (unpaired) electrons. The molecule has 6 nitrogen and oxygen atoms in total. The number of benzene rings is 2. The molecule has 2 heterocycles. The van der Waals surface area contributed by atoms with Gasteiger partial charge in [0.05, 0.1) is 16.5 Å². The summed E-state index contributed by atoms with van der Waals surface area (Å²) < 4.78 is 40.5. The number of nitro groups is 1. The van der Waals surface area contributed by atoms with Gasteiger partial charge in [0.2, 0.25) is 0 Å². The molecule has 2 aromatic carbocycles. The predicted molar refractivity (Wildman–Crippen MR) is 114 cm³/mol. The van der Waals surface area contributed by atoms with Gasteiger partial charge in [-0.05, 0) is 54.2 Å². The van der Waals surface area contributed by atoms with Crippen LogP contribution in [0.1, 0.15) is 22.9 Å². The molecule has 1 aromatic heterocycles. The highest BCUT2D eigenvalue weighted by Gasteiger charge is 2.32. The molecule has 31 heavy (non-hydrogen) atoms. The molecule has 160 valence electrons. The Balaban J connectivity index is 1.64. The summed E-state index contributed by atoms with van der Waals surface area (Å²) in [4.78, 5) is 12.7. The molecule has 1 unspecified atom stereocenters. The molecule has 0 fully saturated rings. The lowest BCUT2D eigenvalue weighted by molar-refractivity contribution is -0.384. The van der Waals surface area contributed by atoms with Gasteiger partial charge >= 0.3 is 6.18 Å². The Bertz CT molecular complexity index is 1130. The molecule has 1 aliphatic heterocycles. The highest BCUT2D eigenvalue weighted by atomic mass is 32.1. The summed E-state index contributed by atoms with van der Waals surface area (Å²) in [6.45, 7) is 1.18. The van der Waals surface area contributed by atoms with E-state index in [2.05, 4.69) is 9.88 Å². The fourth-order valence-corrected chi connectivity index (χ4v) is 4.01. The van der Waals surface area contributed by atoms with E-state index in [1.54, 1.807) is 12.1 Å². The zero-order valence-corrected chi connectivity index (χ0v) is 16.9. The van der Waals surface area contributed by atoms with Crippen molar-refractivity contribution in [1.29, 1.82) is 0 Å². The van der Waals surface area contributed by atoms with Gasteiger partial charge in [0.25, 0.3) is 5.69 Å². The maximum atomic E-state index is 12.8. The number of hydrogen-bond donors (Lipinski definition) is 1. The van der Waals surface area contributed by atoms with Crippen molar-refractivity contribution < 1.29 is 18.1 Å². The lowest BCUT2D eigenvalue weighted by Crippen LogP contribution is -2.44. The lowest BCUT2D eigenvalue weighted by atomic mass is 10.00. The van der Waals surface area contributed by atoms with Gasteiger partial charge < -0.3 is 14.8 Å². The normalized spacial score (nSPS) is 16.0. The number of alkyl halides is 3. The largest absolute Gasteiger partial charge is 0.416 e. The van der Waals surface area contributed by atoms with E-state index >= 15 is 0 Å². The van der Waals surface area contributed by atoms with Crippen LogP contribution in [0.2, 0.25) is 0 Å². The van der Waals surface area contributed by atoms with Crippen molar-refractivity contribution in [3.05, 3.63) is 93.8 Å². The fourth-order valence-electron chi connectivity index (χ4n) is 3.70. The lowest BCUT2D eigenvalue weighted by Gasteiger charge is -2.39. The van der Waals surface area contributed by atoms with E-state index in [0.717, 1.165) is 17.8 Å². The van der Waals surface area contributed by atoms with E-state index in [1.807, 2.05) is 23.2 Å².